The van der Waals surface area contributed by atoms with Crippen LogP contribution in [0.1, 0.15) is 39.1 Å². The van der Waals surface area contributed by atoms with Gasteiger partial charge in [-0.05, 0) is 26.2 Å². The van der Waals surface area contributed by atoms with Gasteiger partial charge in [0.2, 0.25) is 5.95 Å². The highest BCUT2D eigenvalue weighted by molar-refractivity contribution is 7.51. The van der Waals surface area contributed by atoms with Crippen molar-refractivity contribution < 1.29 is 33.3 Å². The molecule has 2 aliphatic heterocycles. The zero-order chi connectivity index (χ0) is 33.2. The van der Waals surface area contributed by atoms with E-state index in [0.29, 0.717) is 13.1 Å². The maximum absolute atomic E-state index is 14.5. The first-order valence-electron chi connectivity index (χ1n) is 15.0. The van der Waals surface area contributed by atoms with E-state index in [9.17, 15) is 24.4 Å². The molecule has 7 N–H and O–H groups in total. The number of nitrogens with zero attached hydrogens (tertiary/aromatic N) is 7. The molecule has 2 saturated heterocycles. The van der Waals surface area contributed by atoms with Crippen molar-refractivity contribution in [2.75, 3.05) is 57.9 Å². The van der Waals surface area contributed by atoms with Crippen LogP contribution in [0, 0.1) is 0 Å². The second-order valence-electron chi connectivity index (χ2n) is 11.1. The predicted octanol–water partition coefficient (Wildman–Crippen LogP) is -0.747. The second-order valence-corrected chi connectivity index (χ2v) is 13.2. The van der Waals surface area contributed by atoms with Crippen LogP contribution < -0.4 is 22.7 Å². The number of nitrogens with two attached hydrogens (primary N) is 2. The minimum atomic E-state index is -4.13. The van der Waals surface area contributed by atoms with Crippen LogP contribution in [0.2, 0.25) is 0 Å². The maximum Gasteiger partial charge on any atom is 0.408 e. The Morgan fingerprint density at radius 2 is 1.83 bits per heavy atom. The lowest BCUT2D eigenvalue weighted by Gasteiger charge is -2.32. The van der Waals surface area contributed by atoms with Crippen molar-refractivity contribution in [3.8, 4) is 0 Å². The Labute approximate surface area is 263 Å². The van der Waals surface area contributed by atoms with Crippen molar-refractivity contribution >= 4 is 30.7 Å². The van der Waals surface area contributed by atoms with Gasteiger partial charge in [-0.15, -0.1) is 0 Å². The summed E-state index contributed by atoms with van der Waals surface area (Å²) in [6.07, 6.45) is -2.51. The summed E-state index contributed by atoms with van der Waals surface area (Å²) in [4.78, 5) is 41.2. The topological polar surface area (TPSA) is 251 Å². The number of ether oxygens (including phenoxy) is 2. The van der Waals surface area contributed by atoms with Crippen molar-refractivity contribution in [1.29, 1.82) is 0 Å². The van der Waals surface area contributed by atoms with Gasteiger partial charge in [0.15, 0.2) is 11.2 Å². The average Bonchev–Trinajstić information content (AvgIpc) is 3.73. The lowest BCUT2D eigenvalue weighted by Crippen LogP contribution is -2.36. The number of hydrogen-bond donors (Lipinski definition) is 5. The fourth-order valence-electron chi connectivity index (χ4n) is 5.48. The van der Waals surface area contributed by atoms with E-state index >= 15 is 0 Å². The Hall–Kier alpha value is -3.26. The van der Waals surface area contributed by atoms with Gasteiger partial charge in [-0.25, -0.2) is 19.0 Å². The zero-order valence-corrected chi connectivity index (χ0v) is 26.7. The smallest absolute Gasteiger partial charge is 0.394 e. The number of aromatic nitrogens is 6. The van der Waals surface area contributed by atoms with Crippen molar-refractivity contribution in [3.05, 3.63) is 39.4 Å². The van der Waals surface area contributed by atoms with Gasteiger partial charge in [-0.1, -0.05) is 13.8 Å². The number of aliphatic hydroxyl groups is 2. The monoisotopic (exact) mass is 668 g/mol. The molecule has 0 amide bonds. The van der Waals surface area contributed by atoms with E-state index in [1.54, 1.807) is 7.05 Å². The van der Waals surface area contributed by atoms with Gasteiger partial charge < -0.3 is 36.1 Å². The molecular formula is C26H41N10O9P. The summed E-state index contributed by atoms with van der Waals surface area (Å²) in [7, 11) is -2.53. The number of imidazole rings is 1. The van der Waals surface area contributed by atoms with E-state index in [1.807, 2.05) is 13.8 Å². The second kappa shape index (κ2) is 14.2. The number of fused-ring (bicyclic) bond motifs is 1. The molecule has 3 aromatic heterocycles. The normalized spacial score (nSPS) is 26.4. The summed E-state index contributed by atoms with van der Waals surface area (Å²) in [5.41, 5.74) is 10.4. The molecule has 0 radical (unpaired) electrons. The van der Waals surface area contributed by atoms with E-state index in [4.69, 9.17) is 30.0 Å². The van der Waals surface area contributed by atoms with Crippen LogP contribution in [0.4, 0.5) is 11.8 Å². The molecule has 7 atom stereocenters. The lowest BCUT2D eigenvalue weighted by molar-refractivity contribution is -0.0545. The van der Waals surface area contributed by atoms with Gasteiger partial charge in [0.1, 0.15) is 36.6 Å². The Balaban J connectivity index is 1.33. The first kappa shape index (κ1) is 34.1. The third-order valence-electron chi connectivity index (χ3n) is 8.21. The van der Waals surface area contributed by atoms with Crippen molar-refractivity contribution in [2.45, 2.75) is 63.6 Å². The van der Waals surface area contributed by atoms with Crippen molar-refractivity contribution in [3.63, 3.8) is 0 Å². The van der Waals surface area contributed by atoms with Gasteiger partial charge in [0.25, 0.3) is 5.56 Å². The molecule has 0 aromatic carbocycles. The lowest BCUT2D eigenvalue weighted by atomic mass is 10.2. The number of hydrogen-bond acceptors (Lipinski definition) is 15. The molecule has 46 heavy (non-hydrogen) atoms. The van der Waals surface area contributed by atoms with Crippen LogP contribution >= 0.6 is 7.75 Å². The van der Waals surface area contributed by atoms with Crippen LogP contribution in [0.25, 0.3) is 11.2 Å². The van der Waals surface area contributed by atoms with Gasteiger partial charge in [-0.3, -0.25) is 28.0 Å². The summed E-state index contributed by atoms with van der Waals surface area (Å²) >= 11 is 0. The van der Waals surface area contributed by atoms with Crippen LogP contribution in [0.3, 0.4) is 0 Å². The Morgan fingerprint density at radius 1 is 1.11 bits per heavy atom. The first-order chi connectivity index (χ1) is 22.0. The fourth-order valence-corrected chi connectivity index (χ4v) is 7.13. The molecule has 3 aromatic rings. The number of nitrogen functional groups attached to an aromatic ring is 2. The number of nitrogens with one attached hydrogen (secondary N) is 1. The number of likely N-dealkylation sites (N-methyl/N-ethyl adjacent to an activating group) is 2. The van der Waals surface area contributed by atoms with E-state index < -0.39 is 62.5 Å². The van der Waals surface area contributed by atoms with Crippen molar-refractivity contribution in [1.82, 2.24) is 38.6 Å². The third-order valence-corrected chi connectivity index (χ3v) is 10.3. The predicted molar refractivity (Wildman–Crippen MR) is 164 cm³/mol. The molecule has 2 aliphatic rings. The fraction of sp³-hybridized carbons (Fsp3) is 0.654. The van der Waals surface area contributed by atoms with Crippen LogP contribution in [0.5, 0.6) is 0 Å². The molecule has 7 unspecified atom stereocenters. The van der Waals surface area contributed by atoms with Crippen LogP contribution in [-0.4, -0.2) is 120 Å². The number of anilines is 2. The minimum absolute atomic E-state index is 0.0484. The summed E-state index contributed by atoms with van der Waals surface area (Å²) in [5, 5.41) is 21.0. The first-order valence-corrected chi connectivity index (χ1v) is 16.5. The molecule has 2 fully saturated rings. The van der Waals surface area contributed by atoms with Crippen LogP contribution in [0.15, 0.2) is 28.2 Å². The minimum Gasteiger partial charge on any atom is -0.394 e. The standard InChI is InChI=1S/C26H41N10O9P/c1-4-34(5-2)9-8-33(3)46(41,45-16-11-21(43-17(16)12-37)35-7-6-19(27)30-26(35)40)42-13-18-15(38)10-20(44-18)36-14-29-22-23(36)31-25(28)32-24(22)39/h6-7,14-18,20-21,37-38H,4-5,8-13H2,1-3H3,(H2,27,30,40)(H3,28,31,32,39). The summed E-state index contributed by atoms with van der Waals surface area (Å²) in [5.74, 6) is -0.0484. The van der Waals surface area contributed by atoms with E-state index in [2.05, 4.69) is 24.8 Å². The number of rotatable bonds is 14. The molecule has 20 heteroatoms. The number of H-pyrrole nitrogens is 1. The highest BCUT2D eigenvalue weighted by Gasteiger charge is 2.45. The molecule has 0 saturated carbocycles. The van der Waals surface area contributed by atoms with Crippen LogP contribution in [-0.2, 0) is 23.1 Å². The molecule has 0 bridgehead atoms. The molecule has 254 valence electrons. The Morgan fingerprint density at radius 3 is 2.52 bits per heavy atom. The molecule has 5 rings (SSSR count). The molecule has 5 heterocycles. The number of aromatic amines is 1. The van der Waals surface area contributed by atoms with Gasteiger partial charge in [0, 0.05) is 32.1 Å². The van der Waals surface area contributed by atoms with E-state index in [-0.39, 0.29) is 42.4 Å². The quantitative estimate of drug-likeness (QED) is 0.133. The highest BCUT2D eigenvalue weighted by atomic mass is 31.2. The van der Waals surface area contributed by atoms with Gasteiger partial charge >= 0.3 is 13.4 Å². The molecule has 19 nitrogen and oxygen atoms in total. The molecular weight excluding hydrogens is 627 g/mol. The van der Waals surface area contributed by atoms with Gasteiger partial charge in [-0.2, -0.15) is 9.97 Å². The third kappa shape index (κ3) is 7.17. The van der Waals surface area contributed by atoms with E-state index in [1.165, 1.54) is 32.4 Å². The largest absolute Gasteiger partial charge is 0.408 e. The SMILES string of the molecule is CCN(CC)CCN(C)P(=O)(OCC1OC(n2cnc3c(=O)[nH]c(N)nc32)CC1O)OC1CC(n2ccc(N)nc2=O)OC1CO. The highest BCUT2D eigenvalue weighted by Crippen LogP contribution is 2.54. The average molecular weight is 669 g/mol. The summed E-state index contributed by atoms with van der Waals surface area (Å²) < 4.78 is 42.7. The molecule has 0 aliphatic carbocycles. The Kier molecular flexibility index (Phi) is 10.6. The maximum atomic E-state index is 14.5. The van der Waals surface area contributed by atoms with Gasteiger partial charge in [0.05, 0.1) is 25.6 Å². The zero-order valence-electron chi connectivity index (χ0n) is 25.8. The molecule has 0 spiro atoms. The van der Waals surface area contributed by atoms with Crippen molar-refractivity contribution in [2.24, 2.45) is 0 Å². The number of aliphatic hydroxyl groups excluding tert-OH is 2. The summed E-state index contributed by atoms with van der Waals surface area (Å²) in [6, 6.07) is 1.44. The van der Waals surface area contributed by atoms with E-state index in [0.717, 1.165) is 13.1 Å². The summed E-state index contributed by atoms with van der Waals surface area (Å²) in [6.45, 7) is 5.67. The Bertz CT molecular complexity index is 1660.